The second kappa shape index (κ2) is 6.21. The van der Waals surface area contributed by atoms with Crippen LogP contribution in [-0.2, 0) is 0 Å². The van der Waals surface area contributed by atoms with Gasteiger partial charge in [0.2, 0.25) is 0 Å². The van der Waals surface area contributed by atoms with Crippen LogP contribution in [0.2, 0.25) is 5.02 Å². The lowest BCUT2D eigenvalue weighted by Gasteiger charge is -2.20. The van der Waals surface area contributed by atoms with E-state index in [0.717, 1.165) is 6.54 Å². The van der Waals surface area contributed by atoms with Gasteiger partial charge in [0.25, 0.3) is 11.5 Å². The van der Waals surface area contributed by atoms with Crippen LogP contribution in [0.3, 0.4) is 0 Å². The molecule has 1 rings (SSSR count). The molecule has 1 amide bonds. The van der Waals surface area contributed by atoms with Crippen molar-refractivity contribution in [3.8, 4) is 0 Å². The van der Waals surface area contributed by atoms with Crippen LogP contribution in [0.25, 0.3) is 0 Å². The second-order valence-electron chi connectivity index (χ2n) is 4.92. The third-order valence-corrected chi connectivity index (χ3v) is 3.57. The number of nitrogens with zero attached hydrogens (tertiary/aromatic N) is 2. The van der Waals surface area contributed by atoms with E-state index in [1.807, 2.05) is 19.0 Å². The van der Waals surface area contributed by atoms with Gasteiger partial charge >= 0.3 is 0 Å². The average Bonchev–Trinajstić information content (AvgIpc) is 2.32. The fourth-order valence-electron chi connectivity index (χ4n) is 1.75. The zero-order valence-electron chi connectivity index (χ0n) is 12.0. The van der Waals surface area contributed by atoms with Crippen LogP contribution in [0.1, 0.15) is 21.6 Å². The fraction of sp³-hybridized carbons (Fsp3) is 0.538. The van der Waals surface area contributed by atoms with Crippen LogP contribution in [0.5, 0.6) is 0 Å². The van der Waals surface area contributed by atoms with Crippen LogP contribution in [-0.4, -0.2) is 54.9 Å². The maximum absolute atomic E-state index is 12.3. The quantitative estimate of drug-likeness (QED) is 0.907. The molecule has 19 heavy (non-hydrogen) atoms. The van der Waals surface area contributed by atoms with E-state index in [0.29, 0.717) is 22.8 Å². The van der Waals surface area contributed by atoms with Crippen molar-refractivity contribution >= 4 is 17.5 Å². The summed E-state index contributed by atoms with van der Waals surface area (Å²) in [6.45, 7) is 4.69. The molecule has 5 nitrogen and oxygen atoms in total. The van der Waals surface area contributed by atoms with E-state index in [1.165, 1.54) is 4.90 Å². The molecule has 106 valence electrons. The molecule has 0 fully saturated rings. The van der Waals surface area contributed by atoms with Crippen molar-refractivity contribution < 1.29 is 4.79 Å². The second-order valence-corrected chi connectivity index (χ2v) is 5.30. The van der Waals surface area contributed by atoms with Crippen molar-refractivity contribution in [1.29, 1.82) is 0 Å². The Balaban J connectivity index is 3.07. The molecule has 0 spiro atoms. The van der Waals surface area contributed by atoms with E-state index in [-0.39, 0.29) is 17.0 Å². The van der Waals surface area contributed by atoms with Gasteiger partial charge < -0.3 is 14.8 Å². The third-order valence-electron chi connectivity index (χ3n) is 3.00. The number of H-pyrrole nitrogens is 1. The first-order chi connectivity index (χ1) is 8.75. The summed E-state index contributed by atoms with van der Waals surface area (Å²) in [5.74, 6) is -0.303. The maximum atomic E-state index is 12.3. The van der Waals surface area contributed by atoms with Crippen LogP contribution >= 0.6 is 11.6 Å². The number of carbonyl (C=O) groups is 1. The van der Waals surface area contributed by atoms with Gasteiger partial charge in [0.05, 0.1) is 5.02 Å². The SMILES string of the molecule is Cc1[nH]c(=O)c(C(=O)N(C)CCN(C)C)c(C)c1Cl. The topological polar surface area (TPSA) is 56.4 Å². The minimum atomic E-state index is -0.388. The number of amides is 1. The molecule has 0 saturated heterocycles. The summed E-state index contributed by atoms with van der Waals surface area (Å²) in [6, 6.07) is 0. The number of likely N-dealkylation sites (N-methyl/N-ethyl adjacent to an activating group) is 2. The summed E-state index contributed by atoms with van der Waals surface area (Å²) in [5, 5.41) is 0.434. The van der Waals surface area contributed by atoms with Crippen LogP contribution in [0, 0.1) is 13.8 Å². The zero-order valence-corrected chi connectivity index (χ0v) is 12.8. The van der Waals surface area contributed by atoms with Gasteiger partial charge in [-0.15, -0.1) is 0 Å². The molecule has 0 aliphatic rings. The van der Waals surface area contributed by atoms with Gasteiger partial charge in [-0.3, -0.25) is 9.59 Å². The number of hydrogen-bond acceptors (Lipinski definition) is 3. The van der Waals surface area contributed by atoms with E-state index >= 15 is 0 Å². The Bertz CT molecular complexity index is 537. The minimum absolute atomic E-state index is 0.122. The van der Waals surface area contributed by atoms with Crippen molar-refractivity contribution in [1.82, 2.24) is 14.8 Å². The largest absolute Gasteiger partial charge is 0.340 e. The third kappa shape index (κ3) is 3.58. The molecule has 0 radical (unpaired) electrons. The Hall–Kier alpha value is -1.33. The lowest BCUT2D eigenvalue weighted by molar-refractivity contribution is 0.0784. The number of hydrogen-bond donors (Lipinski definition) is 1. The molecule has 0 saturated carbocycles. The molecule has 1 aromatic heterocycles. The Morgan fingerprint density at radius 3 is 2.32 bits per heavy atom. The standard InChI is InChI=1S/C13H20ClN3O2/c1-8-10(12(18)15-9(2)11(8)14)13(19)17(5)7-6-16(3)4/h6-7H2,1-5H3,(H,15,18). The number of halogens is 1. The number of aromatic amines is 1. The minimum Gasteiger partial charge on any atom is -0.340 e. The Morgan fingerprint density at radius 1 is 1.21 bits per heavy atom. The first-order valence-corrected chi connectivity index (χ1v) is 6.42. The lowest BCUT2D eigenvalue weighted by atomic mass is 10.1. The first-order valence-electron chi connectivity index (χ1n) is 6.04. The Labute approximate surface area is 118 Å². The predicted octanol–water partition coefficient (Wildman–Crippen LogP) is 1.28. The van der Waals surface area contributed by atoms with E-state index in [9.17, 15) is 9.59 Å². The van der Waals surface area contributed by atoms with E-state index < -0.39 is 0 Å². The highest BCUT2D eigenvalue weighted by atomic mass is 35.5. The average molecular weight is 286 g/mol. The van der Waals surface area contributed by atoms with E-state index in [4.69, 9.17) is 11.6 Å². The number of aromatic nitrogens is 1. The van der Waals surface area contributed by atoms with Gasteiger partial charge in [-0.25, -0.2) is 0 Å². The van der Waals surface area contributed by atoms with E-state index in [2.05, 4.69) is 4.98 Å². The molecule has 0 aliphatic carbocycles. The monoisotopic (exact) mass is 285 g/mol. The molecule has 0 atom stereocenters. The molecule has 1 heterocycles. The number of pyridine rings is 1. The molecular formula is C13H20ClN3O2. The van der Waals surface area contributed by atoms with Crippen molar-refractivity contribution in [3.63, 3.8) is 0 Å². The zero-order chi connectivity index (χ0) is 14.7. The number of aryl methyl sites for hydroxylation is 1. The van der Waals surface area contributed by atoms with Gasteiger partial charge in [-0.2, -0.15) is 0 Å². The number of rotatable bonds is 4. The molecule has 6 heteroatoms. The maximum Gasteiger partial charge on any atom is 0.261 e. The van der Waals surface area contributed by atoms with Crippen LogP contribution in [0.4, 0.5) is 0 Å². The molecular weight excluding hydrogens is 266 g/mol. The smallest absolute Gasteiger partial charge is 0.261 e. The summed E-state index contributed by atoms with van der Waals surface area (Å²) in [7, 11) is 5.54. The summed E-state index contributed by atoms with van der Waals surface area (Å²) in [6.07, 6.45) is 0. The predicted molar refractivity (Wildman–Crippen MR) is 77.1 cm³/mol. The van der Waals surface area contributed by atoms with Crippen LogP contribution in [0.15, 0.2) is 4.79 Å². The summed E-state index contributed by atoms with van der Waals surface area (Å²) < 4.78 is 0. The van der Waals surface area contributed by atoms with Gasteiger partial charge in [0.15, 0.2) is 0 Å². The first kappa shape index (κ1) is 15.7. The normalized spacial score (nSPS) is 10.9. The lowest BCUT2D eigenvalue weighted by Crippen LogP contribution is -2.37. The molecule has 1 N–H and O–H groups in total. The Kier molecular flexibility index (Phi) is 5.14. The van der Waals surface area contributed by atoms with Gasteiger partial charge in [0, 0.05) is 25.8 Å². The van der Waals surface area contributed by atoms with Crippen molar-refractivity contribution in [2.45, 2.75) is 13.8 Å². The molecule has 1 aromatic rings. The van der Waals surface area contributed by atoms with Crippen molar-refractivity contribution in [2.75, 3.05) is 34.2 Å². The highest BCUT2D eigenvalue weighted by Gasteiger charge is 2.20. The molecule has 0 aliphatic heterocycles. The molecule has 0 bridgehead atoms. The van der Waals surface area contributed by atoms with Gasteiger partial charge in [0.1, 0.15) is 5.56 Å². The molecule has 0 unspecified atom stereocenters. The highest BCUT2D eigenvalue weighted by molar-refractivity contribution is 6.32. The summed E-state index contributed by atoms with van der Waals surface area (Å²) in [5.41, 5.74) is 0.847. The fourth-order valence-corrected chi connectivity index (χ4v) is 1.89. The van der Waals surface area contributed by atoms with Gasteiger partial charge in [-0.1, -0.05) is 11.6 Å². The number of carbonyl (C=O) groups excluding carboxylic acids is 1. The van der Waals surface area contributed by atoms with Gasteiger partial charge in [-0.05, 0) is 33.5 Å². The Morgan fingerprint density at radius 2 is 1.79 bits per heavy atom. The van der Waals surface area contributed by atoms with Crippen molar-refractivity contribution in [3.05, 3.63) is 32.2 Å². The van der Waals surface area contributed by atoms with Crippen molar-refractivity contribution in [2.24, 2.45) is 0 Å². The highest BCUT2D eigenvalue weighted by Crippen LogP contribution is 2.19. The van der Waals surface area contributed by atoms with E-state index in [1.54, 1.807) is 20.9 Å². The number of nitrogens with one attached hydrogen (secondary N) is 1. The summed E-state index contributed by atoms with van der Waals surface area (Å²) in [4.78, 5) is 30.3. The molecule has 0 aromatic carbocycles. The van der Waals surface area contributed by atoms with Crippen LogP contribution < -0.4 is 5.56 Å². The summed E-state index contributed by atoms with van der Waals surface area (Å²) >= 11 is 6.08.